The van der Waals surface area contributed by atoms with Crippen LogP contribution in [0.4, 0.5) is 4.79 Å². The van der Waals surface area contributed by atoms with Gasteiger partial charge in [-0.25, -0.2) is 4.79 Å². The lowest BCUT2D eigenvalue weighted by molar-refractivity contribution is 0.0502. The van der Waals surface area contributed by atoms with Gasteiger partial charge in [-0.05, 0) is 45.7 Å². The third-order valence-corrected chi connectivity index (χ3v) is 3.30. The summed E-state index contributed by atoms with van der Waals surface area (Å²) in [5, 5.41) is 6.33. The fourth-order valence-corrected chi connectivity index (χ4v) is 2.22. The SMILES string of the molecule is CCCn1cccc1CNCC(CC)NC(=O)OC(C)(C)C. The minimum absolute atomic E-state index is 0.0736. The smallest absolute Gasteiger partial charge is 0.407 e. The molecule has 2 N–H and O–H groups in total. The van der Waals surface area contributed by atoms with Gasteiger partial charge in [0.05, 0.1) is 0 Å². The second-order valence-corrected chi connectivity index (χ2v) is 6.58. The summed E-state index contributed by atoms with van der Waals surface area (Å²) in [6.45, 7) is 12.4. The molecule has 126 valence electrons. The zero-order valence-corrected chi connectivity index (χ0v) is 14.6. The fraction of sp³-hybridized carbons (Fsp3) is 0.706. The number of aryl methyl sites for hydroxylation is 1. The van der Waals surface area contributed by atoms with E-state index in [1.807, 2.05) is 20.8 Å². The molecule has 0 saturated heterocycles. The highest BCUT2D eigenvalue weighted by Gasteiger charge is 2.18. The van der Waals surface area contributed by atoms with Crippen LogP contribution in [0.1, 0.15) is 53.2 Å². The molecular formula is C17H31N3O2. The molecule has 1 aromatic rings. The Morgan fingerprint density at radius 2 is 2.09 bits per heavy atom. The first-order valence-corrected chi connectivity index (χ1v) is 8.20. The van der Waals surface area contributed by atoms with E-state index in [0.717, 1.165) is 32.5 Å². The molecule has 0 aliphatic rings. The summed E-state index contributed by atoms with van der Waals surface area (Å²) < 4.78 is 7.55. The topological polar surface area (TPSA) is 55.3 Å². The number of hydrogen-bond donors (Lipinski definition) is 2. The van der Waals surface area contributed by atoms with E-state index in [9.17, 15) is 4.79 Å². The number of hydrogen-bond acceptors (Lipinski definition) is 3. The number of aromatic nitrogens is 1. The van der Waals surface area contributed by atoms with Gasteiger partial charge in [-0.3, -0.25) is 0 Å². The third kappa shape index (κ3) is 6.98. The van der Waals surface area contributed by atoms with E-state index in [1.165, 1.54) is 5.69 Å². The Hall–Kier alpha value is -1.49. The lowest BCUT2D eigenvalue weighted by atomic mass is 10.2. The van der Waals surface area contributed by atoms with E-state index < -0.39 is 5.60 Å². The Bertz CT molecular complexity index is 449. The average Bonchev–Trinajstić information content (AvgIpc) is 2.83. The van der Waals surface area contributed by atoms with Crippen LogP contribution in [0.25, 0.3) is 0 Å². The first-order valence-electron chi connectivity index (χ1n) is 8.20. The van der Waals surface area contributed by atoms with Crippen LogP contribution < -0.4 is 10.6 Å². The first-order chi connectivity index (χ1) is 10.4. The summed E-state index contributed by atoms with van der Waals surface area (Å²) in [5.41, 5.74) is 0.811. The van der Waals surface area contributed by atoms with Crippen molar-refractivity contribution in [1.29, 1.82) is 0 Å². The molecule has 1 atom stereocenters. The maximum Gasteiger partial charge on any atom is 0.407 e. The van der Waals surface area contributed by atoms with Crippen LogP contribution in [0.2, 0.25) is 0 Å². The number of amides is 1. The highest BCUT2D eigenvalue weighted by Crippen LogP contribution is 2.07. The largest absolute Gasteiger partial charge is 0.444 e. The number of alkyl carbamates (subject to hydrolysis) is 1. The molecule has 0 aliphatic carbocycles. The minimum Gasteiger partial charge on any atom is -0.444 e. The normalized spacial score (nSPS) is 13.0. The van der Waals surface area contributed by atoms with Crippen molar-refractivity contribution in [1.82, 2.24) is 15.2 Å². The van der Waals surface area contributed by atoms with Crippen LogP contribution in [0.15, 0.2) is 18.3 Å². The first kappa shape index (κ1) is 18.6. The molecule has 5 heteroatoms. The maximum atomic E-state index is 11.8. The number of rotatable bonds is 8. The average molecular weight is 309 g/mol. The Kier molecular flexibility index (Phi) is 7.45. The van der Waals surface area contributed by atoms with Crippen LogP contribution in [-0.4, -0.2) is 28.8 Å². The van der Waals surface area contributed by atoms with Crippen molar-refractivity contribution in [3.8, 4) is 0 Å². The van der Waals surface area contributed by atoms with E-state index in [-0.39, 0.29) is 12.1 Å². The second kappa shape index (κ2) is 8.83. The monoisotopic (exact) mass is 309 g/mol. The van der Waals surface area contributed by atoms with Gasteiger partial charge in [0.2, 0.25) is 0 Å². The summed E-state index contributed by atoms with van der Waals surface area (Å²) in [7, 11) is 0. The zero-order valence-electron chi connectivity index (χ0n) is 14.6. The summed E-state index contributed by atoms with van der Waals surface area (Å²) in [6, 6.07) is 4.28. The van der Waals surface area contributed by atoms with Crippen molar-refractivity contribution in [2.45, 2.75) is 72.2 Å². The van der Waals surface area contributed by atoms with Gasteiger partial charge in [0.1, 0.15) is 5.60 Å². The van der Waals surface area contributed by atoms with Crippen molar-refractivity contribution >= 4 is 6.09 Å². The predicted molar refractivity (Wildman–Crippen MR) is 89.9 cm³/mol. The van der Waals surface area contributed by atoms with Crippen LogP contribution in [0.5, 0.6) is 0 Å². The summed E-state index contributed by atoms with van der Waals surface area (Å²) in [6.07, 6.45) is 3.74. The lowest BCUT2D eigenvalue weighted by Crippen LogP contribution is -2.43. The molecule has 1 aromatic heterocycles. The summed E-state index contributed by atoms with van der Waals surface area (Å²) >= 11 is 0. The zero-order chi connectivity index (χ0) is 16.6. The van der Waals surface area contributed by atoms with Crippen molar-refractivity contribution < 1.29 is 9.53 Å². The van der Waals surface area contributed by atoms with Gasteiger partial charge in [0.25, 0.3) is 0 Å². The van der Waals surface area contributed by atoms with E-state index in [2.05, 4.69) is 47.4 Å². The summed E-state index contributed by atoms with van der Waals surface area (Å²) in [5.74, 6) is 0. The third-order valence-electron chi connectivity index (χ3n) is 3.30. The van der Waals surface area contributed by atoms with Gasteiger partial charge in [0.15, 0.2) is 0 Å². The van der Waals surface area contributed by atoms with Gasteiger partial charge < -0.3 is 19.9 Å². The Balaban J connectivity index is 2.37. The van der Waals surface area contributed by atoms with Crippen LogP contribution in [0.3, 0.4) is 0 Å². The molecule has 0 aromatic carbocycles. The molecule has 5 nitrogen and oxygen atoms in total. The van der Waals surface area contributed by atoms with Crippen molar-refractivity contribution in [2.24, 2.45) is 0 Å². The Morgan fingerprint density at radius 3 is 2.68 bits per heavy atom. The second-order valence-electron chi connectivity index (χ2n) is 6.58. The molecule has 0 spiro atoms. The maximum absolute atomic E-state index is 11.8. The molecular weight excluding hydrogens is 278 g/mol. The van der Waals surface area contributed by atoms with Crippen LogP contribution in [0, 0.1) is 0 Å². The molecule has 0 aliphatic heterocycles. The molecule has 1 rings (SSSR count). The molecule has 1 heterocycles. The van der Waals surface area contributed by atoms with Crippen molar-refractivity contribution in [2.75, 3.05) is 6.54 Å². The Labute approximate surface area is 134 Å². The van der Waals surface area contributed by atoms with Crippen molar-refractivity contribution in [3.63, 3.8) is 0 Å². The van der Waals surface area contributed by atoms with Gasteiger partial charge in [-0.1, -0.05) is 13.8 Å². The number of carbonyl (C=O) groups is 1. The highest BCUT2D eigenvalue weighted by molar-refractivity contribution is 5.68. The molecule has 22 heavy (non-hydrogen) atoms. The van der Waals surface area contributed by atoms with Gasteiger partial charge in [-0.2, -0.15) is 0 Å². The molecule has 0 bridgehead atoms. The molecule has 0 radical (unpaired) electrons. The Morgan fingerprint density at radius 1 is 1.36 bits per heavy atom. The van der Waals surface area contributed by atoms with Gasteiger partial charge in [-0.15, -0.1) is 0 Å². The van der Waals surface area contributed by atoms with Crippen molar-refractivity contribution in [3.05, 3.63) is 24.0 Å². The van der Waals surface area contributed by atoms with Gasteiger partial charge in [0, 0.05) is 37.6 Å². The lowest BCUT2D eigenvalue weighted by Gasteiger charge is -2.23. The fourth-order valence-electron chi connectivity index (χ4n) is 2.22. The summed E-state index contributed by atoms with van der Waals surface area (Å²) in [4.78, 5) is 11.8. The number of nitrogens with one attached hydrogen (secondary N) is 2. The minimum atomic E-state index is -0.462. The quantitative estimate of drug-likeness (QED) is 0.775. The highest BCUT2D eigenvalue weighted by atomic mass is 16.6. The number of nitrogens with zero attached hydrogens (tertiary/aromatic N) is 1. The van der Waals surface area contributed by atoms with E-state index in [1.54, 1.807) is 0 Å². The van der Waals surface area contributed by atoms with E-state index in [0.29, 0.717) is 0 Å². The number of ether oxygens (including phenoxy) is 1. The molecule has 0 saturated carbocycles. The number of carbonyl (C=O) groups excluding carboxylic acids is 1. The standard InChI is InChI=1S/C17H31N3O2/c1-6-10-20-11-8-9-15(20)13-18-12-14(7-2)19-16(21)22-17(3,4)5/h8-9,11,14,18H,6-7,10,12-13H2,1-5H3,(H,19,21). The van der Waals surface area contributed by atoms with Gasteiger partial charge >= 0.3 is 6.09 Å². The van der Waals surface area contributed by atoms with Crippen LogP contribution >= 0.6 is 0 Å². The molecule has 0 fully saturated rings. The molecule has 1 unspecified atom stereocenters. The van der Waals surface area contributed by atoms with Crippen LogP contribution in [-0.2, 0) is 17.8 Å². The predicted octanol–water partition coefficient (Wildman–Crippen LogP) is 3.29. The van der Waals surface area contributed by atoms with E-state index >= 15 is 0 Å². The van der Waals surface area contributed by atoms with E-state index in [4.69, 9.17) is 4.74 Å². The molecule has 1 amide bonds.